The lowest BCUT2D eigenvalue weighted by molar-refractivity contribution is 0.0493. The summed E-state index contributed by atoms with van der Waals surface area (Å²) in [5.74, 6) is 1.61. The minimum atomic E-state index is -0.558. The fourth-order valence-electron chi connectivity index (χ4n) is 2.65. The molecule has 0 radical (unpaired) electrons. The highest BCUT2D eigenvalue weighted by molar-refractivity contribution is 5.37. The van der Waals surface area contributed by atoms with E-state index in [4.69, 9.17) is 9.47 Å². The first-order valence-electron chi connectivity index (χ1n) is 7.43. The van der Waals surface area contributed by atoms with Crippen molar-refractivity contribution in [2.45, 2.75) is 32.0 Å². The molecule has 0 saturated heterocycles. The zero-order valence-electron chi connectivity index (χ0n) is 12.2. The molecule has 0 heterocycles. The van der Waals surface area contributed by atoms with E-state index in [1.807, 2.05) is 48.5 Å². The maximum Gasteiger partial charge on any atom is 0.133 e. The van der Waals surface area contributed by atoms with Crippen molar-refractivity contribution in [3.63, 3.8) is 0 Å². The summed E-state index contributed by atoms with van der Waals surface area (Å²) in [6, 6.07) is 15.5. The molecule has 3 heteroatoms. The quantitative estimate of drug-likeness (QED) is 0.913. The molecule has 0 aliphatic heterocycles. The molecule has 0 saturated carbocycles. The van der Waals surface area contributed by atoms with Crippen LogP contribution in [0.5, 0.6) is 11.5 Å². The van der Waals surface area contributed by atoms with Crippen molar-refractivity contribution < 1.29 is 14.6 Å². The molecule has 0 amide bonds. The molecule has 0 aromatic heterocycles. The van der Waals surface area contributed by atoms with E-state index in [2.05, 4.69) is 6.92 Å². The second kappa shape index (κ2) is 6.19. The average molecular weight is 284 g/mol. The number of aliphatic hydroxyl groups is 1. The molecule has 2 unspecified atom stereocenters. The van der Waals surface area contributed by atoms with Crippen molar-refractivity contribution >= 4 is 0 Å². The maximum absolute atomic E-state index is 10.3. The van der Waals surface area contributed by atoms with Crippen LogP contribution in [-0.2, 0) is 6.42 Å². The molecule has 2 atom stereocenters. The molecule has 1 N–H and O–H groups in total. The topological polar surface area (TPSA) is 38.7 Å². The van der Waals surface area contributed by atoms with Crippen molar-refractivity contribution in [2.75, 3.05) is 6.61 Å². The monoisotopic (exact) mass is 284 g/mol. The van der Waals surface area contributed by atoms with Gasteiger partial charge in [0, 0.05) is 6.42 Å². The first kappa shape index (κ1) is 14.0. The van der Waals surface area contributed by atoms with Crippen LogP contribution in [0.15, 0.2) is 48.5 Å². The maximum atomic E-state index is 10.3. The third-order valence-corrected chi connectivity index (χ3v) is 3.73. The summed E-state index contributed by atoms with van der Waals surface area (Å²) in [7, 11) is 0. The van der Waals surface area contributed by atoms with Crippen molar-refractivity contribution in [3.8, 4) is 11.5 Å². The van der Waals surface area contributed by atoms with Gasteiger partial charge in [-0.25, -0.2) is 0 Å². The van der Waals surface area contributed by atoms with E-state index in [1.165, 1.54) is 0 Å². The molecule has 0 bridgehead atoms. The number of ether oxygens (including phenoxy) is 2. The first-order chi connectivity index (χ1) is 10.3. The highest BCUT2D eigenvalue weighted by Crippen LogP contribution is 2.34. The molecular weight excluding hydrogens is 264 g/mol. The van der Waals surface area contributed by atoms with Crippen LogP contribution in [0.1, 0.15) is 30.6 Å². The molecular formula is C18H20O3. The molecule has 1 aliphatic carbocycles. The third kappa shape index (κ3) is 3.03. The Hall–Kier alpha value is -2.00. The molecule has 2 aromatic carbocycles. The van der Waals surface area contributed by atoms with Crippen molar-refractivity contribution in [1.29, 1.82) is 0 Å². The number of benzene rings is 2. The van der Waals surface area contributed by atoms with Crippen LogP contribution in [0, 0.1) is 0 Å². The minimum absolute atomic E-state index is 0.218. The minimum Gasteiger partial charge on any atom is -0.494 e. The van der Waals surface area contributed by atoms with Gasteiger partial charge in [0.25, 0.3) is 0 Å². The SMILES string of the molecule is CCCOc1ccc(OC2Cc3ccccc3C2O)cc1. The molecule has 3 rings (SSSR count). The molecule has 0 fully saturated rings. The Morgan fingerprint density at radius 3 is 2.48 bits per heavy atom. The summed E-state index contributed by atoms with van der Waals surface area (Å²) < 4.78 is 11.5. The predicted molar refractivity (Wildman–Crippen MR) is 81.7 cm³/mol. The Balaban J connectivity index is 1.65. The Morgan fingerprint density at radius 1 is 1.05 bits per heavy atom. The van der Waals surface area contributed by atoms with E-state index < -0.39 is 6.10 Å². The van der Waals surface area contributed by atoms with Gasteiger partial charge >= 0.3 is 0 Å². The largest absolute Gasteiger partial charge is 0.494 e. The third-order valence-electron chi connectivity index (χ3n) is 3.73. The normalized spacial score (nSPS) is 20.1. The van der Waals surface area contributed by atoms with Gasteiger partial charge in [-0.15, -0.1) is 0 Å². The number of hydrogen-bond acceptors (Lipinski definition) is 3. The second-order valence-corrected chi connectivity index (χ2v) is 5.32. The number of fused-ring (bicyclic) bond motifs is 1. The molecule has 21 heavy (non-hydrogen) atoms. The lowest BCUT2D eigenvalue weighted by Crippen LogP contribution is -2.21. The van der Waals surface area contributed by atoms with Crippen LogP contribution >= 0.6 is 0 Å². The highest BCUT2D eigenvalue weighted by atomic mass is 16.5. The van der Waals surface area contributed by atoms with Gasteiger partial charge in [-0.1, -0.05) is 31.2 Å². The molecule has 0 spiro atoms. The predicted octanol–water partition coefficient (Wildman–Crippen LogP) is 3.51. The summed E-state index contributed by atoms with van der Waals surface area (Å²) in [5.41, 5.74) is 2.14. The van der Waals surface area contributed by atoms with Crippen LogP contribution in [0.2, 0.25) is 0 Å². The van der Waals surface area contributed by atoms with Crippen molar-refractivity contribution in [1.82, 2.24) is 0 Å². The second-order valence-electron chi connectivity index (χ2n) is 5.32. The standard InChI is InChI=1S/C18H20O3/c1-2-11-20-14-7-9-15(10-8-14)21-17-12-13-5-3-4-6-16(13)18(17)19/h3-10,17-19H,2,11-12H2,1H3. The van der Waals surface area contributed by atoms with E-state index in [0.29, 0.717) is 0 Å². The Labute approximate surface area is 125 Å². The Kier molecular flexibility index (Phi) is 4.11. The number of aliphatic hydroxyl groups excluding tert-OH is 1. The molecule has 110 valence electrons. The molecule has 3 nitrogen and oxygen atoms in total. The highest BCUT2D eigenvalue weighted by Gasteiger charge is 2.32. The summed E-state index contributed by atoms with van der Waals surface area (Å²) in [6.07, 6.45) is 0.956. The lowest BCUT2D eigenvalue weighted by Gasteiger charge is -2.17. The Bertz CT molecular complexity index is 592. The van der Waals surface area contributed by atoms with Crippen LogP contribution in [0.25, 0.3) is 0 Å². The summed E-state index contributed by atoms with van der Waals surface area (Å²) >= 11 is 0. The lowest BCUT2D eigenvalue weighted by atomic mass is 10.1. The van der Waals surface area contributed by atoms with Gasteiger partial charge < -0.3 is 14.6 Å². The molecule has 1 aliphatic rings. The summed E-state index contributed by atoms with van der Waals surface area (Å²) in [5, 5.41) is 10.3. The fraction of sp³-hybridized carbons (Fsp3) is 0.333. The number of rotatable bonds is 5. The number of hydrogen-bond donors (Lipinski definition) is 1. The van der Waals surface area contributed by atoms with Crippen LogP contribution in [-0.4, -0.2) is 17.8 Å². The van der Waals surface area contributed by atoms with E-state index in [1.54, 1.807) is 0 Å². The van der Waals surface area contributed by atoms with Gasteiger partial charge in [0.2, 0.25) is 0 Å². The van der Waals surface area contributed by atoms with E-state index in [9.17, 15) is 5.11 Å². The van der Waals surface area contributed by atoms with Crippen molar-refractivity contribution in [3.05, 3.63) is 59.7 Å². The van der Waals surface area contributed by atoms with E-state index >= 15 is 0 Å². The molecule has 2 aromatic rings. The fourth-order valence-corrected chi connectivity index (χ4v) is 2.65. The smallest absolute Gasteiger partial charge is 0.133 e. The van der Waals surface area contributed by atoms with Gasteiger partial charge in [-0.2, -0.15) is 0 Å². The zero-order valence-corrected chi connectivity index (χ0v) is 12.2. The van der Waals surface area contributed by atoms with Crippen LogP contribution in [0.3, 0.4) is 0 Å². The zero-order chi connectivity index (χ0) is 14.7. The van der Waals surface area contributed by atoms with Gasteiger partial charge in [0.05, 0.1) is 6.61 Å². The van der Waals surface area contributed by atoms with Gasteiger partial charge in [0.15, 0.2) is 0 Å². The first-order valence-corrected chi connectivity index (χ1v) is 7.43. The van der Waals surface area contributed by atoms with Crippen LogP contribution in [0.4, 0.5) is 0 Å². The summed E-state index contributed by atoms with van der Waals surface area (Å²) in [6.45, 7) is 2.80. The van der Waals surface area contributed by atoms with Gasteiger partial charge in [-0.3, -0.25) is 0 Å². The van der Waals surface area contributed by atoms with Gasteiger partial charge in [0.1, 0.15) is 23.7 Å². The van der Waals surface area contributed by atoms with Gasteiger partial charge in [-0.05, 0) is 41.8 Å². The van der Waals surface area contributed by atoms with Crippen molar-refractivity contribution in [2.24, 2.45) is 0 Å². The van der Waals surface area contributed by atoms with E-state index in [0.717, 1.165) is 42.1 Å². The van der Waals surface area contributed by atoms with Crippen LogP contribution < -0.4 is 9.47 Å². The summed E-state index contributed by atoms with van der Waals surface area (Å²) in [4.78, 5) is 0. The average Bonchev–Trinajstić information content (AvgIpc) is 2.83. The van der Waals surface area contributed by atoms with E-state index in [-0.39, 0.29) is 6.10 Å². The Morgan fingerprint density at radius 2 is 1.76 bits per heavy atom.